The van der Waals surface area contributed by atoms with E-state index < -0.39 is 0 Å². The Balaban J connectivity index is 2.29. The Morgan fingerprint density at radius 3 is 2.67 bits per heavy atom. The minimum Gasteiger partial charge on any atom is -0.385 e. The number of amides is 1. The van der Waals surface area contributed by atoms with Crippen molar-refractivity contribution in [1.82, 2.24) is 4.98 Å². The molecule has 1 aromatic carbocycles. The molecule has 0 unspecified atom stereocenters. The van der Waals surface area contributed by atoms with E-state index in [2.05, 4.69) is 15.6 Å². The standard InChI is InChI=1S/C16H18ClN3O/c1-4-18-14-6-5-12(17)9-13(14)16(21)20-15-8-10(2)7-11(3)19-15/h5-9,18H,4H2,1-3H3,(H,19,20,21). The van der Waals surface area contributed by atoms with Gasteiger partial charge in [-0.05, 0) is 56.7 Å². The first-order valence-electron chi connectivity index (χ1n) is 6.79. The van der Waals surface area contributed by atoms with Crippen LogP contribution in [0.1, 0.15) is 28.5 Å². The predicted molar refractivity (Wildman–Crippen MR) is 87.3 cm³/mol. The number of aromatic nitrogens is 1. The molecule has 0 radical (unpaired) electrons. The van der Waals surface area contributed by atoms with Crippen LogP contribution >= 0.6 is 11.6 Å². The molecule has 0 saturated carbocycles. The number of hydrogen-bond acceptors (Lipinski definition) is 3. The third-order valence-corrected chi connectivity index (χ3v) is 3.17. The first kappa shape index (κ1) is 15.3. The van der Waals surface area contributed by atoms with E-state index in [-0.39, 0.29) is 5.91 Å². The minimum atomic E-state index is -0.231. The fraction of sp³-hybridized carbons (Fsp3) is 0.250. The molecule has 0 aliphatic heterocycles. The van der Waals surface area contributed by atoms with Crippen molar-refractivity contribution in [2.45, 2.75) is 20.8 Å². The van der Waals surface area contributed by atoms with Gasteiger partial charge in [0, 0.05) is 22.9 Å². The lowest BCUT2D eigenvalue weighted by atomic mass is 10.1. The van der Waals surface area contributed by atoms with Gasteiger partial charge in [-0.3, -0.25) is 4.79 Å². The topological polar surface area (TPSA) is 54.0 Å². The van der Waals surface area contributed by atoms with Crippen LogP contribution in [-0.4, -0.2) is 17.4 Å². The van der Waals surface area contributed by atoms with Gasteiger partial charge in [0.2, 0.25) is 0 Å². The monoisotopic (exact) mass is 303 g/mol. The maximum atomic E-state index is 12.4. The molecule has 0 bridgehead atoms. The zero-order chi connectivity index (χ0) is 15.4. The molecule has 21 heavy (non-hydrogen) atoms. The normalized spacial score (nSPS) is 10.3. The zero-order valence-electron chi connectivity index (χ0n) is 12.3. The van der Waals surface area contributed by atoms with Gasteiger partial charge in [-0.15, -0.1) is 0 Å². The second-order valence-electron chi connectivity index (χ2n) is 4.85. The Kier molecular flexibility index (Phi) is 4.81. The SMILES string of the molecule is CCNc1ccc(Cl)cc1C(=O)Nc1cc(C)cc(C)n1. The summed E-state index contributed by atoms with van der Waals surface area (Å²) >= 11 is 5.99. The Labute approximate surface area is 129 Å². The van der Waals surface area contributed by atoms with Crippen molar-refractivity contribution in [2.75, 3.05) is 17.2 Å². The number of nitrogens with one attached hydrogen (secondary N) is 2. The second-order valence-corrected chi connectivity index (χ2v) is 5.28. The van der Waals surface area contributed by atoms with Crippen molar-refractivity contribution >= 4 is 29.0 Å². The van der Waals surface area contributed by atoms with Crippen LogP contribution in [0.4, 0.5) is 11.5 Å². The Hall–Kier alpha value is -2.07. The number of rotatable bonds is 4. The second kappa shape index (κ2) is 6.59. The zero-order valence-corrected chi connectivity index (χ0v) is 13.1. The molecule has 0 aliphatic rings. The summed E-state index contributed by atoms with van der Waals surface area (Å²) in [7, 11) is 0. The van der Waals surface area contributed by atoms with E-state index in [1.165, 1.54) is 0 Å². The van der Waals surface area contributed by atoms with Crippen LogP contribution < -0.4 is 10.6 Å². The van der Waals surface area contributed by atoms with E-state index >= 15 is 0 Å². The van der Waals surface area contributed by atoms with Crippen LogP contribution in [0.3, 0.4) is 0 Å². The molecule has 0 spiro atoms. The maximum absolute atomic E-state index is 12.4. The van der Waals surface area contributed by atoms with Gasteiger partial charge in [-0.2, -0.15) is 0 Å². The van der Waals surface area contributed by atoms with Gasteiger partial charge in [0.05, 0.1) is 5.56 Å². The molecule has 0 saturated heterocycles. The van der Waals surface area contributed by atoms with E-state index in [1.54, 1.807) is 18.2 Å². The van der Waals surface area contributed by atoms with Crippen LogP contribution in [0, 0.1) is 13.8 Å². The molecule has 0 fully saturated rings. The van der Waals surface area contributed by atoms with E-state index in [0.717, 1.165) is 23.5 Å². The number of anilines is 2. The smallest absolute Gasteiger partial charge is 0.258 e. The van der Waals surface area contributed by atoms with E-state index in [0.29, 0.717) is 16.4 Å². The van der Waals surface area contributed by atoms with Gasteiger partial charge in [0.15, 0.2) is 0 Å². The highest BCUT2D eigenvalue weighted by Gasteiger charge is 2.13. The lowest BCUT2D eigenvalue weighted by Gasteiger charge is -2.12. The lowest BCUT2D eigenvalue weighted by Crippen LogP contribution is -2.16. The van der Waals surface area contributed by atoms with Gasteiger partial charge in [-0.25, -0.2) is 4.98 Å². The fourth-order valence-electron chi connectivity index (χ4n) is 2.14. The molecule has 1 amide bonds. The number of carbonyl (C=O) groups excluding carboxylic acids is 1. The summed E-state index contributed by atoms with van der Waals surface area (Å²) in [5.41, 5.74) is 3.17. The van der Waals surface area contributed by atoms with Gasteiger partial charge in [0.1, 0.15) is 5.82 Å². The van der Waals surface area contributed by atoms with Gasteiger partial charge >= 0.3 is 0 Å². The Morgan fingerprint density at radius 2 is 2.00 bits per heavy atom. The molecule has 0 atom stereocenters. The highest BCUT2D eigenvalue weighted by molar-refractivity contribution is 6.31. The first-order valence-corrected chi connectivity index (χ1v) is 7.17. The number of pyridine rings is 1. The van der Waals surface area contributed by atoms with E-state index in [1.807, 2.05) is 32.9 Å². The van der Waals surface area contributed by atoms with Crippen molar-refractivity contribution in [3.63, 3.8) is 0 Å². The number of benzene rings is 1. The van der Waals surface area contributed by atoms with Gasteiger partial charge in [-0.1, -0.05) is 11.6 Å². The van der Waals surface area contributed by atoms with Crippen molar-refractivity contribution in [2.24, 2.45) is 0 Å². The molecule has 0 aliphatic carbocycles. The molecule has 2 aromatic rings. The summed E-state index contributed by atoms with van der Waals surface area (Å²) in [6.45, 7) is 6.56. The third-order valence-electron chi connectivity index (χ3n) is 2.93. The number of carbonyl (C=O) groups is 1. The summed E-state index contributed by atoms with van der Waals surface area (Å²) in [5.74, 6) is 0.311. The lowest BCUT2D eigenvalue weighted by molar-refractivity contribution is 0.102. The molecule has 2 N–H and O–H groups in total. The van der Waals surface area contributed by atoms with Crippen molar-refractivity contribution in [3.05, 3.63) is 52.2 Å². The highest BCUT2D eigenvalue weighted by atomic mass is 35.5. The first-order chi connectivity index (χ1) is 9.99. The summed E-state index contributed by atoms with van der Waals surface area (Å²) in [5, 5.41) is 6.49. The fourth-order valence-corrected chi connectivity index (χ4v) is 2.31. The van der Waals surface area contributed by atoms with Crippen molar-refractivity contribution in [1.29, 1.82) is 0 Å². The van der Waals surface area contributed by atoms with Gasteiger partial charge < -0.3 is 10.6 Å². The summed E-state index contributed by atoms with van der Waals surface area (Å²) in [6.07, 6.45) is 0. The number of aryl methyl sites for hydroxylation is 2. The highest BCUT2D eigenvalue weighted by Crippen LogP contribution is 2.22. The summed E-state index contributed by atoms with van der Waals surface area (Å²) < 4.78 is 0. The number of halogens is 1. The molecule has 1 heterocycles. The molecule has 110 valence electrons. The summed E-state index contributed by atoms with van der Waals surface area (Å²) in [6, 6.07) is 9.00. The molecule has 5 heteroatoms. The predicted octanol–water partition coefficient (Wildman–Crippen LogP) is 4.04. The van der Waals surface area contributed by atoms with E-state index in [9.17, 15) is 4.79 Å². The molecule has 1 aromatic heterocycles. The third kappa shape index (κ3) is 3.95. The van der Waals surface area contributed by atoms with Crippen LogP contribution in [-0.2, 0) is 0 Å². The minimum absolute atomic E-state index is 0.231. The summed E-state index contributed by atoms with van der Waals surface area (Å²) in [4.78, 5) is 16.7. The Morgan fingerprint density at radius 1 is 1.24 bits per heavy atom. The quantitative estimate of drug-likeness (QED) is 0.896. The maximum Gasteiger partial charge on any atom is 0.258 e. The van der Waals surface area contributed by atoms with Crippen LogP contribution in [0.2, 0.25) is 5.02 Å². The van der Waals surface area contributed by atoms with Gasteiger partial charge in [0.25, 0.3) is 5.91 Å². The average Bonchev–Trinajstić information content (AvgIpc) is 2.39. The molecular weight excluding hydrogens is 286 g/mol. The number of nitrogens with zero attached hydrogens (tertiary/aromatic N) is 1. The van der Waals surface area contributed by atoms with Crippen molar-refractivity contribution < 1.29 is 4.79 Å². The largest absolute Gasteiger partial charge is 0.385 e. The average molecular weight is 304 g/mol. The molecule has 2 rings (SSSR count). The number of hydrogen-bond donors (Lipinski definition) is 2. The van der Waals surface area contributed by atoms with Crippen molar-refractivity contribution in [3.8, 4) is 0 Å². The molecule has 4 nitrogen and oxygen atoms in total. The molecular formula is C16H18ClN3O. The Bertz CT molecular complexity index is 650. The van der Waals surface area contributed by atoms with Crippen LogP contribution in [0.25, 0.3) is 0 Å². The van der Waals surface area contributed by atoms with Crippen LogP contribution in [0.15, 0.2) is 30.3 Å². The van der Waals surface area contributed by atoms with E-state index in [4.69, 9.17) is 11.6 Å². The van der Waals surface area contributed by atoms with Crippen LogP contribution in [0.5, 0.6) is 0 Å².